The van der Waals surface area contributed by atoms with E-state index < -0.39 is 34.2 Å². The molecule has 16 heteroatoms. The van der Waals surface area contributed by atoms with Crippen molar-refractivity contribution in [2.75, 3.05) is 43.7 Å². The molecule has 2 aromatic carbocycles. The lowest BCUT2D eigenvalue weighted by Gasteiger charge is -2.23. The third-order valence-corrected chi connectivity index (χ3v) is 7.75. The quantitative estimate of drug-likeness (QED) is 0.131. The molecule has 0 saturated heterocycles. The largest absolute Gasteiger partial charge is 0.487 e. The Kier molecular flexibility index (Phi) is 11.6. The van der Waals surface area contributed by atoms with Gasteiger partial charge >= 0.3 is 12.1 Å². The van der Waals surface area contributed by atoms with Gasteiger partial charge in [0.1, 0.15) is 52.8 Å². The summed E-state index contributed by atoms with van der Waals surface area (Å²) in [4.78, 5) is 26.3. The summed E-state index contributed by atoms with van der Waals surface area (Å²) in [6.07, 6.45) is 1.32. The van der Waals surface area contributed by atoms with Gasteiger partial charge in [0.25, 0.3) is 0 Å². The Hall–Kier alpha value is -4.24. The summed E-state index contributed by atoms with van der Waals surface area (Å²) in [6.45, 7) is -0.452. The van der Waals surface area contributed by atoms with Crippen molar-refractivity contribution in [2.24, 2.45) is 15.1 Å². The minimum absolute atomic E-state index is 0.0485. The number of hydrogen-bond acceptors (Lipinski definition) is 9. The molecule has 1 aliphatic heterocycles. The van der Waals surface area contributed by atoms with Crippen LogP contribution < -0.4 is 10.1 Å². The highest BCUT2D eigenvalue weighted by Gasteiger charge is 2.42. The van der Waals surface area contributed by atoms with E-state index in [-0.39, 0.29) is 45.1 Å². The number of amidine groups is 1. The number of unbranched alkanes of at least 4 members (excludes halogenated alkanes) is 1. The molecule has 1 N–H and O–H groups in total. The zero-order valence-corrected chi connectivity index (χ0v) is 26.1. The van der Waals surface area contributed by atoms with Gasteiger partial charge < -0.3 is 19.8 Å². The fraction of sp³-hybridized carbons (Fsp3) is 0.333. The van der Waals surface area contributed by atoms with E-state index >= 15 is 0 Å². The maximum Gasteiger partial charge on any atom is 0.471 e. The van der Waals surface area contributed by atoms with Crippen molar-refractivity contribution in [1.29, 1.82) is 0 Å². The molecule has 0 fully saturated rings. The number of ether oxygens (including phenoxy) is 1. The van der Waals surface area contributed by atoms with Crippen molar-refractivity contribution < 1.29 is 40.3 Å². The van der Waals surface area contributed by atoms with E-state index in [0.29, 0.717) is 49.8 Å². The highest BCUT2D eigenvalue weighted by atomic mass is 35.5. The topological polar surface area (TPSA) is 122 Å². The van der Waals surface area contributed by atoms with Crippen LogP contribution in [0.3, 0.4) is 0 Å². The number of anilines is 1. The number of oxime groups is 1. The summed E-state index contributed by atoms with van der Waals surface area (Å²) < 4.78 is 80.6. The lowest BCUT2D eigenvalue weighted by molar-refractivity contribution is -0.185. The van der Waals surface area contributed by atoms with E-state index in [9.17, 15) is 30.8 Å². The summed E-state index contributed by atoms with van der Waals surface area (Å²) in [5.41, 5.74) is 3.03. The number of nitrogens with zero attached hydrogens (tertiary/aromatic N) is 4. The molecular formula is C30H30ClF4N5O5S. The third kappa shape index (κ3) is 10.4. The molecule has 1 heterocycles. The van der Waals surface area contributed by atoms with Crippen molar-refractivity contribution in [2.45, 2.75) is 25.6 Å². The van der Waals surface area contributed by atoms with Crippen molar-refractivity contribution in [3.8, 4) is 5.75 Å². The Morgan fingerprint density at radius 3 is 2.63 bits per heavy atom. The number of hydrogen-bond donors (Lipinski definition) is 1. The number of fused-ring (bicyclic) bond motifs is 1. The van der Waals surface area contributed by atoms with Crippen LogP contribution in [0.2, 0.25) is 5.02 Å². The fourth-order valence-electron chi connectivity index (χ4n) is 4.26. The third-order valence-electron chi connectivity index (χ3n) is 6.53. The van der Waals surface area contributed by atoms with E-state index in [1.807, 2.05) is 0 Å². The minimum Gasteiger partial charge on any atom is -0.487 e. The van der Waals surface area contributed by atoms with Crippen molar-refractivity contribution >= 4 is 50.3 Å². The monoisotopic (exact) mass is 683 g/mol. The predicted molar refractivity (Wildman–Crippen MR) is 168 cm³/mol. The zero-order chi connectivity index (χ0) is 33.3. The number of alkyl halides is 3. The Morgan fingerprint density at radius 2 is 1.91 bits per heavy atom. The molecule has 0 radical (unpaired) electrons. The van der Waals surface area contributed by atoms with Crippen LogP contribution in [0.1, 0.15) is 18.4 Å². The summed E-state index contributed by atoms with van der Waals surface area (Å²) in [7, 11) is -3.55. The lowest BCUT2D eigenvalue weighted by Crippen LogP contribution is -2.43. The second-order valence-corrected chi connectivity index (χ2v) is 12.9. The second-order valence-electron chi connectivity index (χ2n) is 10.2. The van der Waals surface area contributed by atoms with Gasteiger partial charge in [-0.1, -0.05) is 28.9 Å². The number of carbonyl (C=O) groups excluding carboxylic acids is 1. The van der Waals surface area contributed by atoms with E-state index in [0.717, 1.165) is 6.26 Å². The number of allylic oxidation sites excluding steroid dienone is 3. The minimum atomic E-state index is -5.10. The lowest BCUT2D eigenvalue weighted by atomic mass is 10.0. The number of amides is 1. The molecular weight excluding hydrogens is 654 g/mol. The van der Waals surface area contributed by atoms with E-state index in [4.69, 9.17) is 21.2 Å². The van der Waals surface area contributed by atoms with E-state index in [2.05, 4.69) is 20.5 Å². The number of benzene rings is 2. The molecule has 246 valence electrons. The Balaban J connectivity index is 1.30. The Bertz CT molecular complexity index is 1710. The van der Waals surface area contributed by atoms with Gasteiger partial charge in [-0.25, -0.2) is 17.8 Å². The van der Waals surface area contributed by atoms with Gasteiger partial charge in [0.2, 0.25) is 0 Å². The van der Waals surface area contributed by atoms with Crippen LogP contribution in [0.15, 0.2) is 81.4 Å². The van der Waals surface area contributed by atoms with Crippen LogP contribution in [0.4, 0.5) is 23.2 Å². The zero-order valence-electron chi connectivity index (χ0n) is 24.6. The SMILES string of the molecule is CS(=O)(=O)CCN(CCCCO/N=C1/C=CC2=NCN=C(Nc3ccc(OCc4cccc(F)c4)c(Cl)c3)C2=C1)C(=O)C(F)(F)F. The number of sulfone groups is 1. The molecule has 0 bridgehead atoms. The van der Waals surface area contributed by atoms with Gasteiger partial charge in [-0.2, -0.15) is 13.2 Å². The molecule has 0 atom stereocenters. The van der Waals surface area contributed by atoms with Gasteiger partial charge in [-0.15, -0.1) is 0 Å². The number of carbonyl (C=O) groups is 1. The first kappa shape index (κ1) is 34.6. The average Bonchev–Trinajstić information content (AvgIpc) is 2.99. The highest BCUT2D eigenvalue weighted by Crippen LogP contribution is 2.29. The summed E-state index contributed by atoms with van der Waals surface area (Å²) in [5, 5.41) is 7.62. The molecule has 0 aromatic heterocycles. The number of nitrogens with one attached hydrogen (secondary N) is 1. The van der Waals surface area contributed by atoms with Crippen LogP contribution in [0.25, 0.3) is 0 Å². The van der Waals surface area contributed by atoms with Crippen LogP contribution in [0, 0.1) is 5.82 Å². The first-order chi connectivity index (χ1) is 21.8. The van der Waals surface area contributed by atoms with E-state index in [1.54, 1.807) is 48.6 Å². The molecule has 1 amide bonds. The second kappa shape index (κ2) is 15.4. The normalized spacial score (nSPS) is 15.4. The average molecular weight is 684 g/mol. The maximum atomic E-state index is 13.4. The van der Waals surface area contributed by atoms with Crippen molar-refractivity contribution in [1.82, 2.24) is 4.90 Å². The molecule has 0 saturated carbocycles. The Labute approximate surface area is 268 Å². The van der Waals surface area contributed by atoms with Gasteiger partial charge in [0.15, 0.2) is 0 Å². The van der Waals surface area contributed by atoms with Gasteiger partial charge in [0, 0.05) is 30.6 Å². The van der Waals surface area contributed by atoms with Crippen molar-refractivity contribution in [3.63, 3.8) is 0 Å². The number of rotatable bonds is 13. The predicted octanol–water partition coefficient (Wildman–Crippen LogP) is 5.37. The summed E-state index contributed by atoms with van der Waals surface area (Å²) >= 11 is 6.43. The Morgan fingerprint density at radius 1 is 1.11 bits per heavy atom. The van der Waals surface area contributed by atoms with E-state index in [1.165, 1.54) is 12.1 Å². The van der Waals surface area contributed by atoms with Gasteiger partial charge in [0.05, 0.1) is 16.5 Å². The summed E-state index contributed by atoms with van der Waals surface area (Å²) in [6, 6.07) is 11.2. The molecule has 2 aliphatic rings. The number of halogens is 5. The van der Waals surface area contributed by atoms with Crippen LogP contribution in [0.5, 0.6) is 5.75 Å². The molecule has 1 aliphatic carbocycles. The first-order valence-electron chi connectivity index (χ1n) is 14.0. The van der Waals surface area contributed by atoms with Crippen LogP contribution >= 0.6 is 11.6 Å². The standard InChI is InChI=1S/C30H30ClF4N5O5S/c1-46(42,43)14-12-40(29(41)30(33,34)35)11-2-3-13-45-39-23-7-9-26-24(16-23)28(37-19-36-26)38-22-8-10-27(25(31)17-22)44-18-20-5-4-6-21(32)15-20/h4-10,15-17H,2-3,11-14,18-19H2,1H3,(H,37,38)/b39-23-. The maximum absolute atomic E-state index is 13.4. The van der Waals surface area contributed by atoms with Gasteiger partial charge in [-0.05, 0) is 67.0 Å². The molecule has 46 heavy (non-hydrogen) atoms. The highest BCUT2D eigenvalue weighted by molar-refractivity contribution is 7.90. The fourth-order valence-corrected chi connectivity index (χ4v) is 5.05. The van der Waals surface area contributed by atoms with Crippen LogP contribution in [-0.4, -0.2) is 81.0 Å². The molecule has 2 aromatic rings. The molecule has 0 spiro atoms. The first-order valence-corrected chi connectivity index (χ1v) is 16.4. The molecule has 0 unspecified atom stereocenters. The molecule has 4 rings (SSSR count). The smallest absolute Gasteiger partial charge is 0.471 e. The van der Waals surface area contributed by atoms with Gasteiger partial charge in [-0.3, -0.25) is 9.79 Å². The van der Waals surface area contributed by atoms with Crippen molar-refractivity contribution in [3.05, 3.63) is 82.7 Å². The molecule has 10 nitrogen and oxygen atoms in total. The summed E-state index contributed by atoms with van der Waals surface area (Å²) in [5.74, 6) is -2.08. The number of aliphatic imine (C=N–C) groups is 2. The van der Waals surface area contributed by atoms with Crippen LogP contribution in [-0.2, 0) is 26.1 Å².